The number of hydrogen-bond donors (Lipinski definition) is 3. The van der Waals surface area contributed by atoms with E-state index in [4.69, 9.17) is 11.0 Å². The molecule has 0 spiro atoms. The van der Waals surface area contributed by atoms with Crippen molar-refractivity contribution in [3.63, 3.8) is 0 Å². The van der Waals surface area contributed by atoms with Crippen molar-refractivity contribution in [1.29, 1.82) is 5.26 Å². The minimum absolute atomic E-state index is 0.0169. The predicted molar refractivity (Wildman–Crippen MR) is 102 cm³/mol. The van der Waals surface area contributed by atoms with Gasteiger partial charge in [0, 0.05) is 6.20 Å². The largest absolute Gasteiger partial charge is 0.504 e. The number of amides is 1. The molecule has 11 nitrogen and oxygen atoms in total. The third kappa shape index (κ3) is 2.84. The van der Waals surface area contributed by atoms with Crippen molar-refractivity contribution in [3.8, 4) is 34.7 Å². The molecular weight excluding hydrogens is 393 g/mol. The van der Waals surface area contributed by atoms with Gasteiger partial charge in [-0.1, -0.05) is 0 Å². The first-order chi connectivity index (χ1) is 14.3. The third-order valence-corrected chi connectivity index (χ3v) is 4.59. The first-order valence-electron chi connectivity index (χ1n) is 8.85. The van der Waals surface area contributed by atoms with Gasteiger partial charge < -0.3 is 15.2 Å². The number of hydrogen-bond acceptors (Lipinski definition) is 7. The summed E-state index contributed by atoms with van der Waals surface area (Å²) in [7, 11) is 0. The summed E-state index contributed by atoms with van der Waals surface area (Å²) in [6, 6.07) is 2.01. The summed E-state index contributed by atoms with van der Waals surface area (Å²) in [5.41, 5.74) is 6.37. The lowest BCUT2D eigenvalue weighted by molar-refractivity contribution is 0.0991. The molecule has 4 N–H and O–H groups in total. The average Bonchev–Trinajstić information content (AvgIpc) is 3.34. The number of aryl methyl sites for hydroxylation is 3. The highest BCUT2D eigenvalue weighted by Gasteiger charge is 2.27. The van der Waals surface area contributed by atoms with Crippen molar-refractivity contribution >= 4 is 11.4 Å². The summed E-state index contributed by atoms with van der Waals surface area (Å²) in [5, 5.41) is 30.1. The molecule has 30 heavy (non-hydrogen) atoms. The monoisotopic (exact) mass is 409 g/mol. The van der Waals surface area contributed by atoms with E-state index in [1.807, 2.05) is 6.07 Å². The Bertz CT molecular complexity index is 1340. The summed E-state index contributed by atoms with van der Waals surface area (Å²) >= 11 is 0. The van der Waals surface area contributed by atoms with Crippen LogP contribution >= 0.6 is 0 Å². The normalized spacial score (nSPS) is 11.1. The van der Waals surface area contributed by atoms with Crippen LogP contribution in [0.15, 0.2) is 12.4 Å². The minimum atomic E-state index is -0.943. The van der Waals surface area contributed by atoms with Crippen LogP contribution in [0.1, 0.15) is 28.3 Å². The van der Waals surface area contributed by atoms with Gasteiger partial charge in [-0.05, 0) is 13.8 Å². The molecule has 0 unspecified atom stereocenters. The first kappa shape index (κ1) is 19.1. The number of H-pyrrole nitrogens is 1. The fraction of sp³-hybridized carbons (Fsp3) is 0.222. The number of fused-ring (bicyclic) bond motifs is 1. The highest BCUT2D eigenvalue weighted by Crippen LogP contribution is 2.34. The van der Waals surface area contributed by atoms with E-state index >= 15 is 4.39 Å². The van der Waals surface area contributed by atoms with E-state index < -0.39 is 11.7 Å². The highest BCUT2D eigenvalue weighted by molar-refractivity contribution is 5.97. The Labute approximate surface area is 168 Å². The smallest absolute Gasteiger partial charge is 0.268 e. The van der Waals surface area contributed by atoms with Gasteiger partial charge in [-0.25, -0.2) is 9.37 Å². The molecule has 4 aromatic rings. The third-order valence-electron chi connectivity index (χ3n) is 4.59. The Morgan fingerprint density at radius 2 is 2.20 bits per heavy atom. The quantitative estimate of drug-likeness (QED) is 0.449. The van der Waals surface area contributed by atoms with Gasteiger partial charge in [-0.15, -0.1) is 0 Å². The molecule has 4 rings (SSSR count). The maximum absolute atomic E-state index is 15.2. The maximum Gasteiger partial charge on any atom is 0.268 e. The lowest BCUT2D eigenvalue weighted by Crippen LogP contribution is -2.15. The number of aromatic hydroxyl groups is 1. The summed E-state index contributed by atoms with van der Waals surface area (Å²) in [6.07, 6.45) is 3.06. The topological polar surface area (TPSA) is 164 Å². The number of aromatic amines is 1. The molecule has 0 aliphatic heterocycles. The van der Waals surface area contributed by atoms with Gasteiger partial charge in [0.15, 0.2) is 17.4 Å². The Balaban J connectivity index is 1.89. The number of rotatable bonds is 5. The zero-order chi connectivity index (χ0) is 21.6. The second-order valence-corrected chi connectivity index (χ2v) is 6.61. The Morgan fingerprint density at radius 1 is 1.43 bits per heavy atom. The molecule has 1 amide bonds. The first-order valence-corrected chi connectivity index (χ1v) is 8.85. The molecular formula is C18H16FN9O2. The molecule has 152 valence electrons. The number of nitrogens with two attached hydrogens (primary N) is 1. The minimum Gasteiger partial charge on any atom is -0.504 e. The number of carbonyl (C=O) groups is 1. The van der Waals surface area contributed by atoms with Crippen molar-refractivity contribution in [2.45, 2.75) is 26.8 Å². The van der Waals surface area contributed by atoms with Gasteiger partial charge in [-0.2, -0.15) is 15.5 Å². The summed E-state index contributed by atoms with van der Waals surface area (Å²) < 4.78 is 17.9. The number of nitriles is 1. The fourth-order valence-corrected chi connectivity index (χ4v) is 3.26. The van der Waals surface area contributed by atoms with Gasteiger partial charge in [0.05, 0.1) is 42.0 Å². The lowest BCUT2D eigenvalue weighted by Gasteiger charge is -2.01. The number of aromatic nitrogens is 7. The summed E-state index contributed by atoms with van der Waals surface area (Å²) in [6.45, 7) is 3.51. The van der Waals surface area contributed by atoms with E-state index in [-0.39, 0.29) is 52.8 Å². The molecule has 0 atom stereocenters. The van der Waals surface area contributed by atoms with Crippen molar-refractivity contribution in [1.82, 2.24) is 34.3 Å². The van der Waals surface area contributed by atoms with Gasteiger partial charge in [-0.3, -0.25) is 19.6 Å². The predicted octanol–water partition coefficient (Wildman–Crippen LogP) is 1.46. The molecule has 0 fully saturated rings. The molecule has 12 heteroatoms. The van der Waals surface area contributed by atoms with E-state index in [2.05, 4.69) is 25.3 Å². The van der Waals surface area contributed by atoms with E-state index in [1.54, 1.807) is 13.8 Å². The van der Waals surface area contributed by atoms with E-state index in [9.17, 15) is 9.90 Å². The zero-order valence-corrected chi connectivity index (χ0v) is 16.0. The van der Waals surface area contributed by atoms with Crippen molar-refractivity contribution in [2.24, 2.45) is 5.73 Å². The fourth-order valence-electron chi connectivity index (χ4n) is 3.26. The van der Waals surface area contributed by atoms with Crippen LogP contribution < -0.4 is 5.73 Å². The second kappa shape index (κ2) is 6.96. The van der Waals surface area contributed by atoms with Gasteiger partial charge >= 0.3 is 0 Å². The van der Waals surface area contributed by atoms with Crippen molar-refractivity contribution in [3.05, 3.63) is 35.3 Å². The number of primary amides is 1. The Kier molecular flexibility index (Phi) is 4.42. The molecule has 0 saturated heterocycles. The second-order valence-electron chi connectivity index (χ2n) is 6.61. The number of halogens is 1. The molecule has 0 aromatic carbocycles. The average molecular weight is 409 g/mol. The molecule has 4 heterocycles. The molecule has 0 aliphatic rings. The van der Waals surface area contributed by atoms with E-state index in [0.717, 1.165) is 0 Å². The van der Waals surface area contributed by atoms with Crippen LogP contribution in [-0.2, 0) is 6.54 Å². The number of nitrogens with one attached hydrogen (secondary N) is 1. The molecule has 4 aromatic heterocycles. The standard InChI is InChI=1S/C18H16FN9O2/c1-8-7-27-10(6-22-8)11(12(19)13(27)16(21)30)17-23-18(25-24-17)14-15(29)9(2)26-28(14)5-3-4-20/h6-7,29H,3,5H2,1-2H3,(H2,21,30)(H,23,24,25). The molecule has 0 saturated carbocycles. The Hall–Kier alpha value is -4.27. The van der Waals surface area contributed by atoms with Crippen LogP contribution in [0.25, 0.3) is 28.4 Å². The SMILES string of the molecule is Cc1cn2c(C(N)=O)c(F)c(-c3nc(-c4c(O)c(C)nn4CCC#N)n[nH]3)c2cn1. The van der Waals surface area contributed by atoms with Gasteiger partial charge in [0.25, 0.3) is 5.91 Å². The van der Waals surface area contributed by atoms with Gasteiger partial charge in [0.2, 0.25) is 5.82 Å². The molecule has 0 radical (unpaired) electrons. The van der Waals surface area contributed by atoms with Crippen LogP contribution in [-0.4, -0.2) is 45.4 Å². The van der Waals surface area contributed by atoms with Crippen molar-refractivity contribution < 1.29 is 14.3 Å². The van der Waals surface area contributed by atoms with E-state index in [0.29, 0.717) is 11.4 Å². The lowest BCUT2D eigenvalue weighted by atomic mass is 10.2. The Morgan fingerprint density at radius 3 is 2.90 bits per heavy atom. The molecule has 0 bridgehead atoms. The van der Waals surface area contributed by atoms with Crippen LogP contribution in [0.3, 0.4) is 0 Å². The van der Waals surface area contributed by atoms with Crippen LogP contribution in [0.5, 0.6) is 5.75 Å². The maximum atomic E-state index is 15.2. The van der Waals surface area contributed by atoms with Crippen LogP contribution in [0.4, 0.5) is 4.39 Å². The number of nitrogens with zero attached hydrogens (tertiary/aromatic N) is 7. The number of carbonyl (C=O) groups excluding carboxylic acids is 1. The van der Waals surface area contributed by atoms with Crippen molar-refractivity contribution in [2.75, 3.05) is 0 Å². The summed E-state index contributed by atoms with van der Waals surface area (Å²) in [5.74, 6) is -1.88. The van der Waals surface area contributed by atoms with Crippen LogP contribution in [0.2, 0.25) is 0 Å². The summed E-state index contributed by atoms with van der Waals surface area (Å²) in [4.78, 5) is 20.3. The zero-order valence-electron chi connectivity index (χ0n) is 16.0. The molecule has 0 aliphatic carbocycles. The van der Waals surface area contributed by atoms with Gasteiger partial charge in [0.1, 0.15) is 17.1 Å². The van der Waals surface area contributed by atoms with E-state index in [1.165, 1.54) is 21.5 Å². The van der Waals surface area contributed by atoms with Crippen LogP contribution in [0, 0.1) is 31.0 Å². The highest BCUT2D eigenvalue weighted by atomic mass is 19.1.